The number of anilines is 1. The second kappa shape index (κ2) is 10.6. The molecule has 0 aromatic heterocycles. The molecule has 8 nitrogen and oxygen atoms in total. The number of carbonyl (C=O) groups is 1. The third-order valence-corrected chi connectivity index (χ3v) is 6.54. The quantitative estimate of drug-likeness (QED) is 0.497. The van der Waals surface area contributed by atoms with E-state index in [-0.39, 0.29) is 23.8 Å². The number of hydrogen-bond donors (Lipinski definition) is 2. The van der Waals surface area contributed by atoms with Crippen molar-refractivity contribution in [3.05, 3.63) is 72.3 Å². The Labute approximate surface area is 198 Å². The summed E-state index contributed by atoms with van der Waals surface area (Å²) in [6, 6.07) is 19.1. The molecule has 2 N–H and O–H groups in total. The van der Waals surface area contributed by atoms with Gasteiger partial charge >= 0.3 is 0 Å². The van der Waals surface area contributed by atoms with Gasteiger partial charge in [-0.1, -0.05) is 29.8 Å². The second-order valence-corrected chi connectivity index (χ2v) is 9.53. The Bertz CT molecular complexity index is 1260. The van der Waals surface area contributed by atoms with Gasteiger partial charge in [-0.2, -0.15) is 0 Å². The van der Waals surface area contributed by atoms with E-state index in [1.807, 2.05) is 37.3 Å². The molecule has 0 radical (unpaired) electrons. The molecule has 34 heavy (non-hydrogen) atoms. The first kappa shape index (κ1) is 23.6. The third-order valence-electron chi connectivity index (χ3n) is 5.08. The second-order valence-electron chi connectivity index (χ2n) is 7.77. The first-order chi connectivity index (χ1) is 16.4. The zero-order valence-corrected chi connectivity index (χ0v) is 19.6. The van der Waals surface area contributed by atoms with Gasteiger partial charge in [-0.25, -0.2) is 13.1 Å². The monoisotopic (exact) mass is 482 g/mol. The van der Waals surface area contributed by atoms with Crippen LogP contribution in [-0.2, 0) is 14.8 Å². The summed E-state index contributed by atoms with van der Waals surface area (Å²) in [7, 11) is -3.82. The summed E-state index contributed by atoms with van der Waals surface area (Å²) in [5.41, 5.74) is 1.61. The van der Waals surface area contributed by atoms with E-state index in [2.05, 4.69) is 10.0 Å². The molecular weight excluding hydrogens is 456 g/mol. The molecule has 4 rings (SSSR count). The highest BCUT2D eigenvalue weighted by molar-refractivity contribution is 7.89. The van der Waals surface area contributed by atoms with Crippen molar-refractivity contribution >= 4 is 21.6 Å². The van der Waals surface area contributed by atoms with Crippen LogP contribution in [0.2, 0.25) is 0 Å². The minimum atomic E-state index is -3.82. The van der Waals surface area contributed by atoms with Crippen molar-refractivity contribution in [1.29, 1.82) is 0 Å². The highest BCUT2D eigenvalue weighted by atomic mass is 32.2. The molecule has 0 atom stereocenters. The summed E-state index contributed by atoms with van der Waals surface area (Å²) < 4.78 is 44.8. The van der Waals surface area contributed by atoms with Gasteiger partial charge in [0, 0.05) is 25.5 Å². The molecule has 0 saturated carbocycles. The number of sulfonamides is 1. The van der Waals surface area contributed by atoms with E-state index in [4.69, 9.17) is 14.2 Å². The van der Waals surface area contributed by atoms with Crippen LogP contribution in [0.5, 0.6) is 23.0 Å². The Balaban J connectivity index is 1.34. The van der Waals surface area contributed by atoms with Crippen LogP contribution in [0.1, 0.15) is 18.4 Å². The fourth-order valence-electron chi connectivity index (χ4n) is 3.30. The SMILES string of the molecule is Cc1ccc(Oc2ccccc2NC(=O)CCNS(=O)(=O)c2ccc3c(c2)OCCCO3)cc1. The van der Waals surface area contributed by atoms with Gasteiger partial charge in [0.25, 0.3) is 0 Å². The predicted molar refractivity (Wildman–Crippen MR) is 128 cm³/mol. The van der Waals surface area contributed by atoms with Crippen LogP contribution >= 0.6 is 0 Å². The van der Waals surface area contributed by atoms with Crippen molar-refractivity contribution in [3.63, 3.8) is 0 Å². The highest BCUT2D eigenvalue weighted by Gasteiger charge is 2.19. The Morgan fingerprint density at radius 1 is 0.971 bits per heavy atom. The molecule has 0 spiro atoms. The van der Waals surface area contributed by atoms with Crippen molar-refractivity contribution in [3.8, 4) is 23.0 Å². The standard InChI is InChI=1S/C25H26N2O6S/c1-18-7-9-19(10-8-18)33-22-6-3-2-5-21(22)27-25(28)13-14-26-34(29,30)20-11-12-23-24(17-20)32-16-4-15-31-23/h2-3,5-12,17,26H,4,13-16H2,1H3,(H,27,28). The molecule has 1 amide bonds. The summed E-state index contributed by atoms with van der Waals surface area (Å²) in [4.78, 5) is 12.5. The van der Waals surface area contributed by atoms with Gasteiger partial charge in [0.05, 0.1) is 23.8 Å². The smallest absolute Gasteiger partial charge is 0.240 e. The maximum absolute atomic E-state index is 12.7. The van der Waals surface area contributed by atoms with E-state index in [1.165, 1.54) is 12.1 Å². The van der Waals surface area contributed by atoms with Crippen molar-refractivity contribution in [2.45, 2.75) is 24.7 Å². The van der Waals surface area contributed by atoms with E-state index >= 15 is 0 Å². The average molecular weight is 483 g/mol. The molecular formula is C25H26N2O6S. The van der Waals surface area contributed by atoms with Crippen LogP contribution in [0.3, 0.4) is 0 Å². The molecule has 1 aliphatic heterocycles. The lowest BCUT2D eigenvalue weighted by atomic mass is 10.2. The van der Waals surface area contributed by atoms with Crippen molar-refractivity contribution < 1.29 is 27.4 Å². The Hall–Kier alpha value is -3.56. The summed E-state index contributed by atoms with van der Waals surface area (Å²) in [5.74, 6) is 1.70. The first-order valence-corrected chi connectivity index (χ1v) is 12.4. The number of para-hydroxylation sites is 2. The Morgan fingerprint density at radius 2 is 1.71 bits per heavy atom. The average Bonchev–Trinajstić information content (AvgIpc) is 3.07. The van der Waals surface area contributed by atoms with Gasteiger partial charge in [0.15, 0.2) is 17.2 Å². The van der Waals surface area contributed by atoms with Crippen LogP contribution in [0.25, 0.3) is 0 Å². The zero-order chi connectivity index (χ0) is 24.0. The zero-order valence-electron chi connectivity index (χ0n) is 18.7. The lowest BCUT2D eigenvalue weighted by molar-refractivity contribution is -0.116. The highest BCUT2D eigenvalue weighted by Crippen LogP contribution is 2.32. The number of ether oxygens (including phenoxy) is 3. The van der Waals surface area contributed by atoms with Gasteiger partial charge in [0.1, 0.15) is 5.75 Å². The molecule has 1 aliphatic rings. The molecule has 3 aromatic carbocycles. The number of rotatable bonds is 8. The van der Waals surface area contributed by atoms with Crippen LogP contribution in [0, 0.1) is 6.92 Å². The van der Waals surface area contributed by atoms with Crippen LogP contribution in [0.15, 0.2) is 71.6 Å². The van der Waals surface area contributed by atoms with Gasteiger partial charge in [-0.15, -0.1) is 0 Å². The summed E-state index contributed by atoms with van der Waals surface area (Å²) >= 11 is 0. The van der Waals surface area contributed by atoms with E-state index in [1.54, 1.807) is 24.3 Å². The number of benzene rings is 3. The lowest BCUT2D eigenvalue weighted by Crippen LogP contribution is -2.28. The van der Waals surface area contributed by atoms with Crippen LogP contribution < -0.4 is 24.2 Å². The molecule has 0 unspecified atom stereocenters. The number of carbonyl (C=O) groups excluding carboxylic acids is 1. The molecule has 0 saturated heterocycles. The summed E-state index contributed by atoms with van der Waals surface area (Å²) in [6.07, 6.45) is 0.673. The van der Waals surface area contributed by atoms with Crippen LogP contribution in [0.4, 0.5) is 5.69 Å². The maximum atomic E-state index is 12.7. The predicted octanol–water partition coefficient (Wildman–Crippen LogP) is 4.26. The lowest BCUT2D eigenvalue weighted by Gasteiger charge is -2.13. The number of fused-ring (bicyclic) bond motifs is 1. The fourth-order valence-corrected chi connectivity index (χ4v) is 4.34. The minimum absolute atomic E-state index is 0.0500. The Morgan fingerprint density at radius 3 is 2.50 bits per heavy atom. The number of hydrogen-bond acceptors (Lipinski definition) is 6. The molecule has 3 aromatic rings. The molecule has 0 fully saturated rings. The topological polar surface area (TPSA) is 103 Å². The van der Waals surface area contributed by atoms with Gasteiger partial charge in [-0.3, -0.25) is 4.79 Å². The maximum Gasteiger partial charge on any atom is 0.240 e. The van der Waals surface area contributed by atoms with Gasteiger partial charge < -0.3 is 19.5 Å². The normalized spacial score (nSPS) is 13.1. The van der Waals surface area contributed by atoms with Gasteiger partial charge in [0.2, 0.25) is 15.9 Å². The molecule has 9 heteroatoms. The Kier molecular flexibility index (Phi) is 7.34. The fraction of sp³-hybridized carbons (Fsp3) is 0.240. The third kappa shape index (κ3) is 6.06. The van der Waals surface area contributed by atoms with Crippen LogP contribution in [-0.4, -0.2) is 34.1 Å². The van der Waals surface area contributed by atoms with Gasteiger partial charge in [-0.05, 0) is 43.3 Å². The number of amides is 1. The number of nitrogens with one attached hydrogen (secondary N) is 2. The van der Waals surface area contributed by atoms with E-state index in [0.29, 0.717) is 41.9 Å². The van der Waals surface area contributed by atoms with E-state index in [9.17, 15) is 13.2 Å². The molecule has 178 valence electrons. The first-order valence-electron chi connectivity index (χ1n) is 10.9. The molecule has 0 aliphatic carbocycles. The largest absolute Gasteiger partial charge is 0.490 e. The van der Waals surface area contributed by atoms with E-state index < -0.39 is 10.0 Å². The summed E-state index contributed by atoms with van der Waals surface area (Å²) in [5, 5.41) is 2.78. The van der Waals surface area contributed by atoms with Crippen molar-refractivity contribution in [1.82, 2.24) is 4.72 Å². The summed E-state index contributed by atoms with van der Waals surface area (Å²) in [6.45, 7) is 2.90. The molecule has 1 heterocycles. The van der Waals surface area contributed by atoms with Crippen molar-refractivity contribution in [2.24, 2.45) is 0 Å². The minimum Gasteiger partial charge on any atom is -0.490 e. The van der Waals surface area contributed by atoms with Crippen molar-refractivity contribution in [2.75, 3.05) is 25.1 Å². The number of aryl methyl sites for hydroxylation is 1. The molecule has 0 bridgehead atoms. The van der Waals surface area contributed by atoms with E-state index in [0.717, 1.165) is 12.0 Å².